The topological polar surface area (TPSA) is 53.5 Å². The number of fused-ring (bicyclic) bond motifs is 13. The van der Waals surface area contributed by atoms with Gasteiger partial charge in [-0.2, -0.15) is 0 Å². The molecule has 6 nitrogen and oxygen atoms in total. The number of thiophene rings is 1. The highest BCUT2D eigenvalue weighted by Gasteiger charge is 2.23. The average Bonchev–Trinajstić information content (AvgIpc) is 4.17. The number of para-hydroxylation sites is 4. The first-order chi connectivity index (χ1) is 34.7. The van der Waals surface area contributed by atoms with Crippen molar-refractivity contribution in [2.45, 2.75) is 0 Å². The summed E-state index contributed by atoms with van der Waals surface area (Å²) >= 11 is 1.84. The number of nitrogens with zero attached hydrogens (tertiary/aromatic N) is 6. The highest BCUT2D eigenvalue weighted by molar-refractivity contribution is 7.25. The van der Waals surface area contributed by atoms with Crippen LogP contribution in [0.5, 0.6) is 0 Å². The van der Waals surface area contributed by atoms with Crippen LogP contribution in [0, 0.1) is 0 Å². The molecule has 0 fully saturated rings. The van der Waals surface area contributed by atoms with Gasteiger partial charge in [0.25, 0.3) is 0 Å². The Labute approximate surface area is 405 Å². The Morgan fingerprint density at radius 2 is 0.814 bits per heavy atom. The number of benzene rings is 8. The monoisotopic (exact) mass is 910 g/mol. The van der Waals surface area contributed by atoms with Gasteiger partial charge < -0.3 is 0 Å². The molecule has 7 heterocycles. The van der Waals surface area contributed by atoms with Gasteiger partial charge in [0.15, 0.2) is 0 Å². The van der Waals surface area contributed by atoms with E-state index in [1.807, 2.05) is 11.3 Å². The molecule has 0 aliphatic rings. The van der Waals surface area contributed by atoms with E-state index in [0.29, 0.717) is 0 Å². The summed E-state index contributed by atoms with van der Waals surface area (Å²) in [5, 5.41) is 9.56. The van der Waals surface area contributed by atoms with E-state index in [1.54, 1.807) is 0 Å². The summed E-state index contributed by atoms with van der Waals surface area (Å²) in [4.78, 5) is 16.5. The van der Waals surface area contributed by atoms with Gasteiger partial charge in [-0.1, -0.05) is 146 Å². The Morgan fingerprint density at radius 1 is 0.271 bits per heavy atom. The third kappa shape index (κ3) is 5.82. The van der Waals surface area contributed by atoms with Crippen LogP contribution in [-0.4, -0.2) is 28.7 Å². The molecule has 0 bridgehead atoms. The van der Waals surface area contributed by atoms with Crippen molar-refractivity contribution in [2.75, 3.05) is 0 Å². The molecule has 8 aromatic carbocycles. The van der Waals surface area contributed by atoms with Crippen molar-refractivity contribution < 1.29 is 0 Å². The van der Waals surface area contributed by atoms with Crippen LogP contribution in [0.4, 0.5) is 0 Å². The van der Waals surface area contributed by atoms with E-state index in [9.17, 15) is 0 Å². The van der Waals surface area contributed by atoms with E-state index in [2.05, 4.69) is 244 Å². The zero-order valence-electron chi connectivity index (χ0n) is 37.5. The van der Waals surface area contributed by atoms with Gasteiger partial charge in [0.2, 0.25) is 0 Å². The highest BCUT2D eigenvalue weighted by atomic mass is 32.1. The van der Waals surface area contributed by atoms with Crippen LogP contribution >= 0.6 is 11.3 Å². The van der Waals surface area contributed by atoms with Crippen molar-refractivity contribution in [1.82, 2.24) is 28.7 Å². The number of pyridine rings is 3. The number of aromatic nitrogens is 6. The fraction of sp³-hybridized carbons (Fsp3) is 0. The number of hydrogen-bond donors (Lipinski definition) is 0. The minimum atomic E-state index is 0.787. The maximum absolute atomic E-state index is 5.58. The molecule has 0 atom stereocenters. The molecule has 70 heavy (non-hydrogen) atoms. The average molecular weight is 911 g/mol. The van der Waals surface area contributed by atoms with Crippen LogP contribution in [0.1, 0.15) is 0 Å². The van der Waals surface area contributed by atoms with Crippen molar-refractivity contribution in [1.29, 1.82) is 0 Å². The quantitative estimate of drug-likeness (QED) is 0.167. The lowest BCUT2D eigenvalue weighted by molar-refractivity contribution is 1.06. The Bertz CT molecular complexity index is 4560. The third-order valence-electron chi connectivity index (χ3n) is 14.1. The Morgan fingerprint density at radius 3 is 1.56 bits per heavy atom. The molecule has 15 rings (SSSR count). The van der Waals surface area contributed by atoms with E-state index in [1.165, 1.54) is 41.7 Å². The first-order valence-electron chi connectivity index (χ1n) is 23.6. The molecule has 0 N–H and O–H groups in total. The number of hydrogen-bond acceptors (Lipinski definition) is 4. The van der Waals surface area contributed by atoms with E-state index in [-0.39, 0.29) is 0 Å². The van der Waals surface area contributed by atoms with Crippen LogP contribution in [0.3, 0.4) is 0 Å². The van der Waals surface area contributed by atoms with Gasteiger partial charge in [0.1, 0.15) is 17.5 Å². The van der Waals surface area contributed by atoms with Crippen molar-refractivity contribution in [2.24, 2.45) is 0 Å². The largest absolute Gasteiger partial charge is 0.294 e. The molecule has 0 aliphatic heterocycles. The predicted molar refractivity (Wildman–Crippen MR) is 292 cm³/mol. The fourth-order valence-electron chi connectivity index (χ4n) is 11.0. The summed E-state index contributed by atoms with van der Waals surface area (Å²) in [5.41, 5.74) is 12.3. The highest BCUT2D eigenvalue weighted by Crippen LogP contribution is 2.43. The molecule has 0 amide bonds. The standard InChI is InChI=1S/C63H38N6S/c1-2-16-39(17-3-1)41-37-51(50-24-15-30-59(65-50)67-52-25-9-4-18-42(52)43-19-5-10-26-53(43)67)66-61(38-41)68-55-28-12-7-22-47(55)62-56(68)34-33-46-44-20-6-11-27-54(44)69(63(46)62)60-31-14-23-49(64-60)40-32-35-58-48(36-40)45-21-8-13-29-57(45)70-58/h1-38H. The van der Waals surface area contributed by atoms with Gasteiger partial charge in [-0.25, -0.2) is 15.0 Å². The normalized spacial score (nSPS) is 12.0. The van der Waals surface area contributed by atoms with E-state index in [0.717, 1.165) is 95.1 Å². The van der Waals surface area contributed by atoms with Gasteiger partial charge >= 0.3 is 0 Å². The number of rotatable bonds is 6. The van der Waals surface area contributed by atoms with E-state index < -0.39 is 0 Å². The molecule has 7 aromatic heterocycles. The van der Waals surface area contributed by atoms with E-state index >= 15 is 0 Å². The molecule has 0 spiro atoms. The zero-order chi connectivity index (χ0) is 45.9. The second kappa shape index (κ2) is 15.2. The second-order valence-electron chi connectivity index (χ2n) is 18.0. The first-order valence-corrected chi connectivity index (χ1v) is 24.4. The van der Waals surface area contributed by atoms with Gasteiger partial charge in [0.05, 0.1) is 50.2 Å². The molecule has 15 aromatic rings. The third-order valence-corrected chi connectivity index (χ3v) is 15.2. The lowest BCUT2D eigenvalue weighted by Crippen LogP contribution is -2.02. The Kier molecular flexibility index (Phi) is 8.43. The van der Waals surface area contributed by atoms with Crippen LogP contribution in [0.25, 0.3) is 137 Å². The van der Waals surface area contributed by atoms with Crippen LogP contribution in [0.15, 0.2) is 231 Å². The molecular weight excluding hydrogens is 873 g/mol. The second-order valence-corrected chi connectivity index (χ2v) is 19.1. The smallest absolute Gasteiger partial charge is 0.138 e. The summed E-state index contributed by atoms with van der Waals surface area (Å²) in [6.07, 6.45) is 0. The van der Waals surface area contributed by atoms with Crippen molar-refractivity contribution in [3.8, 4) is 51.2 Å². The summed E-state index contributed by atoms with van der Waals surface area (Å²) < 4.78 is 9.55. The molecule has 0 saturated carbocycles. The maximum Gasteiger partial charge on any atom is 0.138 e. The molecule has 0 aliphatic carbocycles. The minimum Gasteiger partial charge on any atom is -0.294 e. The summed E-state index contributed by atoms with van der Waals surface area (Å²) in [5.74, 6) is 2.52. The lowest BCUT2D eigenvalue weighted by atomic mass is 10.0. The van der Waals surface area contributed by atoms with Crippen molar-refractivity contribution in [3.05, 3.63) is 231 Å². The summed E-state index contributed by atoms with van der Waals surface area (Å²) in [6.45, 7) is 0. The van der Waals surface area contributed by atoms with Gasteiger partial charge in [-0.15, -0.1) is 11.3 Å². The summed E-state index contributed by atoms with van der Waals surface area (Å²) in [6, 6.07) is 82.2. The van der Waals surface area contributed by atoms with Crippen LogP contribution in [0.2, 0.25) is 0 Å². The van der Waals surface area contributed by atoms with Crippen molar-refractivity contribution in [3.63, 3.8) is 0 Å². The molecular formula is C63H38N6S. The van der Waals surface area contributed by atoms with Crippen molar-refractivity contribution >= 4 is 96.9 Å². The van der Waals surface area contributed by atoms with Crippen LogP contribution in [-0.2, 0) is 0 Å². The summed E-state index contributed by atoms with van der Waals surface area (Å²) in [7, 11) is 0. The van der Waals surface area contributed by atoms with Crippen LogP contribution < -0.4 is 0 Å². The van der Waals surface area contributed by atoms with E-state index in [4.69, 9.17) is 15.0 Å². The van der Waals surface area contributed by atoms with Gasteiger partial charge in [0, 0.05) is 58.1 Å². The minimum absolute atomic E-state index is 0.787. The Balaban J connectivity index is 0.958. The molecule has 0 saturated heterocycles. The predicted octanol–water partition coefficient (Wildman–Crippen LogP) is 16.5. The van der Waals surface area contributed by atoms with Gasteiger partial charge in [-0.05, 0) is 96.1 Å². The first kappa shape index (κ1) is 38.9. The maximum atomic E-state index is 5.58. The molecule has 326 valence electrons. The lowest BCUT2D eigenvalue weighted by Gasteiger charge is -2.14. The SMILES string of the molecule is c1ccc(-c2cc(-c3cccc(-n4c5ccccc5c5ccccc54)n3)nc(-n3c4ccccc4c4c3ccc3c5ccccc5n(-c5cccc(-c6ccc7sc8ccccc8c7c6)n5)c34)c2)cc1. The Hall–Kier alpha value is -9.17. The molecule has 0 radical (unpaired) electrons. The zero-order valence-corrected chi connectivity index (χ0v) is 38.3. The fourth-order valence-corrected chi connectivity index (χ4v) is 12.1. The molecule has 0 unspecified atom stereocenters. The molecule has 7 heteroatoms. The van der Waals surface area contributed by atoms with Gasteiger partial charge in [-0.3, -0.25) is 13.7 Å².